The van der Waals surface area contributed by atoms with Crippen LogP contribution in [0.2, 0.25) is 0 Å². The maximum absolute atomic E-state index is 8.97. The number of nitrogens with one attached hydrogen (secondary N) is 2. The lowest BCUT2D eigenvalue weighted by molar-refractivity contribution is 0.311. The molecule has 0 fully saturated rings. The molecule has 3 aromatic rings. The monoisotopic (exact) mass is 302 g/mol. The van der Waals surface area contributed by atoms with E-state index in [1.807, 2.05) is 24.0 Å². The molecular weight excluding hydrogens is 284 g/mol. The van der Waals surface area contributed by atoms with Crippen LogP contribution in [0.25, 0.3) is 11.0 Å². The van der Waals surface area contributed by atoms with Crippen molar-refractivity contribution < 1.29 is 5.11 Å². The SMILES string of the molecule is Cn1ncc2c(NCCO)nc(NCCn3cccn3)nc21. The molecule has 0 aliphatic rings. The van der Waals surface area contributed by atoms with Crippen LogP contribution in [0.5, 0.6) is 0 Å². The number of aliphatic hydroxyl groups excluding tert-OH is 1. The van der Waals surface area contributed by atoms with Gasteiger partial charge in [0, 0.05) is 32.5 Å². The Kier molecular flexibility index (Phi) is 4.15. The zero-order chi connectivity index (χ0) is 15.4. The van der Waals surface area contributed by atoms with Gasteiger partial charge in [-0.2, -0.15) is 20.2 Å². The van der Waals surface area contributed by atoms with E-state index in [0.29, 0.717) is 24.9 Å². The molecule has 0 bridgehead atoms. The van der Waals surface area contributed by atoms with Crippen molar-refractivity contribution in [1.82, 2.24) is 29.5 Å². The summed E-state index contributed by atoms with van der Waals surface area (Å²) in [5.41, 5.74) is 0.733. The van der Waals surface area contributed by atoms with E-state index in [-0.39, 0.29) is 6.61 Å². The first-order chi connectivity index (χ1) is 10.8. The van der Waals surface area contributed by atoms with Gasteiger partial charge in [0.05, 0.1) is 24.7 Å². The Hall–Kier alpha value is -2.68. The molecule has 9 nitrogen and oxygen atoms in total. The second-order valence-electron chi connectivity index (χ2n) is 4.75. The van der Waals surface area contributed by atoms with Gasteiger partial charge in [0.15, 0.2) is 5.65 Å². The molecule has 0 unspecified atom stereocenters. The first-order valence-corrected chi connectivity index (χ1v) is 7.03. The molecule has 3 N–H and O–H groups in total. The fraction of sp³-hybridized carbons (Fsp3) is 0.385. The lowest BCUT2D eigenvalue weighted by Gasteiger charge is -2.09. The maximum atomic E-state index is 8.97. The Bertz CT molecular complexity index is 736. The Morgan fingerprint density at radius 2 is 2.09 bits per heavy atom. The van der Waals surface area contributed by atoms with E-state index in [1.165, 1.54) is 0 Å². The second-order valence-corrected chi connectivity index (χ2v) is 4.75. The van der Waals surface area contributed by atoms with Gasteiger partial charge in [-0.05, 0) is 6.07 Å². The van der Waals surface area contributed by atoms with Crippen LogP contribution < -0.4 is 10.6 Å². The number of hydrogen-bond acceptors (Lipinski definition) is 7. The van der Waals surface area contributed by atoms with Crippen molar-refractivity contribution in [3.8, 4) is 0 Å². The largest absolute Gasteiger partial charge is 0.395 e. The molecule has 0 saturated carbocycles. The van der Waals surface area contributed by atoms with Crippen molar-refractivity contribution in [1.29, 1.82) is 0 Å². The summed E-state index contributed by atoms with van der Waals surface area (Å²) in [4.78, 5) is 8.91. The molecule has 0 aliphatic heterocycles. The van der Waals surface area contributed by atoms with Gasteiger partial charge in [-0.3, -0.25) is 9.36 Å². The van der Waals surface area contributed by atoms with Crippen LogP contribution in [0.4, 0.5) is 11.8 Å². The zero-order valence-corrected chi connectivity index (χ0v) is 12.3. The van der Waals surface area contributed by atoms with Gasteiger partial charge in [-0.25, -0.2) is 0 Å². The molecule has 0 radical (unpaired) electrons. The molecule has 3 aromatic heterocycles. The molecule has 0 atom stereocenters. The van der Waals surface area contributed by atoms with Gasteiger partial charge < -0.3 is 15.7 Å². The van der Waals surface area contributed by atoms with Crippen LogP contribution in [-0.4, -0.2) is 54.3 Å². The van der Waals surface area contributed by atoms with Crippen molar-refractivity contribution in [2.24, 2.45) is 7.05 Å². The zero-order valence-electron chi connectivity index (χ0n) is 12.3. The molecular formula is C13H18N8O. The lowest BCUT2D eigenvalue weighted by Crippen LogP contribution is -2.14. The Morgan fingerprint density at radius 1 is 1.18 bits per heavy atom. The van der Waals surface area contributed by atoms with E-state index < -0.39 is 0 Å². The van der Waals surface area contributed by atoms with Crippen molar-refractivity contribution in [3.05, 3.63) is 24.7 Å². The number of rotatable bonds is 7. The van der Waals surface area contributed by atoms with Crippen LogP contribution in [-0.2, 0) is 13.6 Å². The highest BCUT2D eigenvalue weighted by atomic mass is 16.3. The third kappa shape index (κ3) is 2.98. The van der Waals surface area contributed by atoms with E-state index in [4.69, 9.17) is 5.11 Å². The van der Waals surface area contributed by atoms with Crippen molar-refractivity contribution in [2.45, 2.75) is 6.54 Å². The van der Waals surface area contributed by atoms with Crippen LogP contribution >= 0.6 is 0 Å². The molecule has 9 heteroatoms. The number of nitrogens with zero attached hydrogens (tertiary/aromatic N) is 6. The fourth-order valence-electron chi connectivity index (χ4n) is 2.13. The summed E-state index contributed by atoms with van der Waals surface area (Å²) in [5, 5.41) is 24.4. The van der Waals surface area contributed by atoms with E-state index >= 15 is 0 Å². The summed E-state index contributed by atoms with van der Waals surface area (Å²) >= 11 is 0. The first kappa shape index (κ1) is 14.3. The highest BCUT2D eigenvalue weighted by Crippen LogP contribution is 2.20. The number of aryl methyl sites for hydroxylation is 1. The summed E-state index contributed by atoms with van der Waals surface area (Å²) in [6.45, 7) is 1.84. The summed E-state index contributed by atoms with van der Waals surface area (Å²) in [7, 11) is 1.83. The van der Waals surface area contributed by atoms with Crippen molar-refractivity contribution in [2.75, 3.05) is 30.3 Å². The third-order valence-electron chi connectivity index (χ3n) is 3.18. The van der Waals surface area contributed by atoms with Gasteiger partial charge in [0.1, 0.15) is 5.82 Å². The topological polar surface area (TPSA) is 106 Å². The number of anilines is 2. The van der Waals surface area contributed by atoms with E-state index in [0.717, 1.165) is 17.6 Å². The fourth-order valence-corrected chi connectivity index (χ4v) is 2.13. The normalized spacial score (nSPS) is 11.0. The van der Waals surface area contributed by atoms with Crippen LogP contribution in [0.3, 0.4) is 0 Å². The predicted molar refractivity (Wildman–Crippen MR) is 82.6 cm³/mol. The van der Waals surface area contributed by atoms with Gasteiger partial charge >= 0.3 is 0 Å². The molecule has 22 heavy (non-hydrogen) atoms. The highest BCUT2D eigenvalue weighted by Gasteiger charge is 2.11. The van der Waals surface area contributed by atoms with Gasteiger partial charge in [0.25, 0.3) is 0 Å². The van der Waals surface area contributed by atoms with Gasteiger partial charge in [0.2, 0.25) is 5.95 Å². The number of aliphatic hydroxyl groups is 1. The molecule has 3 heterocycles. The molecule has 0 aliphatic carbocycles. The number of fused-ring (bicyclic) bond motifs is 1. The third-order valence-corrected chi connectivity index (χ3v) is 3.18. The smallest absolute Gasteiger partial charge is 0.226 e. The predicted octanol–water partition coefficient (Wildman–Crippen LogP) is 0.0761. The highest BCUT2D eigenvalue weighted by molar-refractivity contribution is 5.87. The molecule has 0 spiro atoms. The number of aromatic nitrogens is 6. The second kappa shape index (κ2) is 6.39. The average molecular weight is 302 g/mol. The van der Waals surface area contributed by atoms with Crippen LogP contribution in [0.1, 0.15) is 0 Å². The quantitative estimate of drug-likeness (QED) is 0.567. The summed E-state index contributed by atoms with van der Waals surface area (Å²) < 4.78 is 3.53. The van der Waals surface area contributed by atoms with Crippen molar-refractivity contribution >= 4 is 22.8 Å². The van der Waals surface area contributed by atoms with Gasteiger partial charge in [-0.1, -0.05) is 0 Å². The van der Waals surface area contributed by atoms with Crippen molar-refractivity contribution in [3.63, 3.8) is 0 Å². The minimum Gasteiger partial charge on any atom is -0.395 e. The Balaban J connectivity index is 1.77. The summed E-state index contributed by atoms with van der Waals surface area (Å²) in [6.07, 6.45) is 5.36. The Labute approximate surface area is 127 Å². The minimum absolute atomic E-state index is 0.0355. The molecule has 0 aromatic carbocycles. The maximum Gasteiger partial charge on any atom is 0.226 e. The Morgan fingerprint density at radius 3 is 2.86 bits per heavy atom. The van der Waals surface area contributed by atoms with E-state index in [2.05, 4.69) is 30.8 Å². The number of hydrogen-bond donors (Lipinski definition) is 3. The standard InChI is InChI=1S/C13H18N8O/c1-20-12-10(9-17-20)11(14-5-8-22)18-13(19-12)15-4-7-21-6-2-3-16-21/h2-3,6,9,22H,4-5,7-8H2,1H3,(H2,14,15,18,19). The molecule has 3 rings (SSSR count). The average Bonchev–Trinajstić information content (AvgIpc) is 3.16. The minimum atomic E-state index is 0.0355. The van der Waals surface area contributed by atoms with Crippen LogP contribution in [0.15, 0.2) is 24.7 Å². The first-order valence-electron chi connectivity index (χ1n) is 7.03. The van der Waals surface area contributed by atoms with Crippen LogP contribution in [0, 0.1) is 0 Å². The lowest BCUT2D eigenvalue weighted by atomic mass is 10.4. The van der Waals surface area contributed by atoms with E-state index in [1.54, 1.807) is 17.1 Å². The van der Waals surface area contributed by atoms with E-state index in [9.17, 15) is 0 Å². The molecule has 0 amide bonds. The molecule has 116 valence electrons. The summed E-state index contributed by atoms with van der Waals surface area (Å²) in [6, 6.07) is 1.88. The summed E-state index contributed by atoms with van der Waals surface area (Å²) in [5.74, 6) is 1.18. The van der Waals surface area contributed by atoms with Gasteiger partial charge in [-0.15, -0.1) is 0 Å². The molecule has 0 saturated heterocycles.